The van der Waals surface area contributed by atoms with Crippen LogP contribution in [-0.2, 0) is 13.0 Å². The average molecular weight is 471 g/mol. The molecule has 1 fully saturated rings. The number of hydrogen-bond acceptors (Lipinski definition) is 9. The zero-order chi connectivity index (χ0) is 23.6. The molecule has 1 aromatic carbocycles. The molecule has 1 aliphatic rings. The Morgan fingerprint density at radius 3 is 2.69 bits per heavy atom. The van der Waals surface area contributed by atoms with Crippen molar-refractivity contribution in [1.29, 1.82) is 0 Å². The topological polar surface area (TPSA) is 106 Å². The van der Waals surface area contributed by atoms with E-state index in [1.807, 2.05) is 43.5 Å². The summed E-state index contributed by atoms with van der Waals surface area (Å²) in [6.45, 7) is 7.55. The van der Waals surface area contributed by atoms with Gasteiger partial charge in [-0.1, -0.05) is 29.4 Å². The van der Waals surface area contributed by atoms with E-state index in [0.29, 0.717) is 35.4 Å². The Morgan fingerprint density at radius 2 is 1.91 bits per heavy atom. The standard InChI is InChI=1S/C25H26N8O2/c1-17-14-22(31-35-17)24-29-28-23-20-4-2-3-5-21(20)25(30-33(23)24)34-16-18-6-7-19(27-15-18)8-11-32-12-9-26-10-13-32/h2-7,14-15,26H,8-13,16H2,1H3. The zero-order valence-electron chi connectivity index (χ0n) is 19.5. The second-order valence-corrected chi connectivity index (χ2v) is 8.72. The summed E-state index contributed by atoms with van der Waals surface area (Å²) >= 11 is 0. The molecule has 0 bridgehead atoms. The molecule has 5 heterocycles. The van der Waals surface area contributed by atoms with Gasteiger partial charge in [-0.05, 0) is 19.1 Å². The quantitative estimate of drug-likeness (QED) is 0.384. The van der Waals surface area contributed by atoms with E-state index >= 15 is 0 Å². The number of piperazine rings is 1. The minimum Gasteiger partial charge on any atom is -0.471 e. The van der Waals surface area contributed by atoms with Gasteiger partial charge >= 0.3 is 0 Å². The summed E-state index contributed by atoms with van der Waals surface area (Å²) in [6.07, 6.45) is 2.83. The van der Waals surface area contributed by atoms with E-state index in [2.05, 4.69) is 42.7 Å². The molecular weight excluding hydrogens is 444 g/mol. The van der Waals surface area contributed by atoms with Crippen LogP contribution in [0.3, 0.4) is 0 Å². The summed E-state index contributed by atoms with van der Waals surface area (Å²) in [5, 5.41) is 22.6. The molecule has 178 valence electrons. The summed E-state index contributed by atoms with van der Waals surface area (Å²) in [6, 6.07) is 13.8. The van der Waals surface area contributed by atoms with Crippen LogP contribution in [0.15, 0.2) is 53.2 Å². The lowest BCUT2D eigenvalue weighted by Gasteiger charge is -2.26. The molecule has 1 N–H and O–H groups in total. The molecule has 4 aromatic heterocycles. The number of nitrogens with zero attached hydrogens (tertiary/aromatic N) is 7. The number of hydrogen-bond donors (Lipinski definition) is 1. The van der Waals surface area contributed by atoms with Gasteiger partial charge in [0.25, 0.3) is 0 Å². The third-order valence-corrected chi connectivity index (χ3v) is 6.24. The minimum atomic E-state index is 0.355. The van der Waals surface area contributed by atoms with Crippen molar-refractivity contribution in [2.45, 2.75) is 20.0 Å². The molecule has 1 aliphatic heterocycles. The molecule has 0 unspecified atom stereocenters. The molecule has 5 aromatic rings. The first-order chi connectivity index (χ1) is 17.2. The van der Waals surface area contributed by atoms with Crippen molar-refractivity contribution in [3.05, 3.63) is 65.7 Å². The number of aromatic nitrogens is 6. The second kappa shape index (κ2) is 9.40. The molecule has 0 spiro atoms. The number of fused-ring (bicyclic) bond motifs is 3. The van der Waals surface area contributed by atoms with E-state index in [4.69, 9.17) is 14.4 Å². The summed E-state index contributed by atoms with van der Waals surface area (Å²) in [5.41, 5.74) is 3.29. The van der Waals surface area contributed by atoms with E-state index in [9.17, 15) is 0 Å². The average Bonchev–Trinajstić information content (AvgIpc) is 3.53. The van der Waals surface area contributed by atoms with Crippen LogP contribution in [0.25, 0.3) is 27.9 Å². The smallest absolute Gasteiger partial charge is 0.240 e. The van der Waals surface area contributed by atoms with E-state index < -0.39 is 0 Å². The number of benzene rings is 1. The van der Waals surface area contributed by atoms with Gasteiger partial charge in [0.15, 0.2) is 11.3 Å². The van der Waals surface area contributed by atoms with Crippen molar-refractivity contribution in [2.75, 3.05) is 32.7 Å². The Kier molecular flexibility index (Phi) is 5.81. The molecule has 1 saturated heterocycles. The van der Waals surface area contributed by atoms with Gasteiger partial charge in [-0.2, -0.15) is 4.52 Å². The largest absolute Gasteiger partial charge is 0.471 e. The first-order valence-electron chi connectivity index (χ1n) is 11.8. The van der Waals surface area contributed by atoms with Gasteiger partial charge in [0.05, 0.1) is 0 Å². The van der Waals surface area contributed by atoms with Crippen LogP contribution in [0.2, 0.25) is 0 Å². The monoisotopic (exact) mass is 470 g/mol. The van der Waals surface area contributed by atoms with Crippen molar-refractivity contribution < 1.29 is 9.26 Å². The predicted octanol–water partition coefficient (Wildman–Crippen LogP) is 2.66. The molecule has 10 nitrogen and oxygen atoms in total. The van der Waals surface area contributed by atoms with Crippen LogP contribution < -0.4 is 10.1 Å². The Balaban J connectivity index is 1.22. The van der Waals surface area contributed by atoms with Crippen LogP contribution in [0.1, 0.15) is 17.0 Å². The van der Waals surface area contributed by atoms with Gasteiger partial charge in [0, 0.05) is 73.4 Å². The van der Waals surface area contributed by atoms with Crippen LogP contribution in [0.4, 0.5) is 0 Å². The third kappa shape index (κ3) is 4.45. The van der Waals surface area contributed by atoms with Gasteiger partial charge in [0.1, 0.15) is 12.4 Å². The highest BCUT2D eigenvalue weighted by Gasteiger charge is 2.18. The molecule has 6 rings (SSSR count). The fourth-order valence-electron chi connectivity index (χ4n) is 4.34. The summed E-state index contributed by atoms with van der Waals surface area (Å²) < 4.78 is 13.1. The summed E-state index contributed by atoms with van der Waals surface area (Å²) in [4.78, 5) is 7.12. The molecule has 0 radical (unpaired) electrons. The normalized spacial score (nSPS) is 14.7. The SMILES string of the molecule is Cc1cc(-c2nnc3c4ccccc4c(OCc4ccc(CCN5CCNCC5)nc4)nn23)no1. The van der Waals surface area contributed by atoms with E-state index in [1.54, 1.807) is 4.52 Å². The third-order valence-electron chi connectivity index (χ3n) is 6.24. The fourth-order valence-corrected chi connectivity index (χ4v) is 4.34. The summed E-state index contributed by atoms with van der Waals surface area (Å²) in [7, 11) is 0. The lowest BCUT2D eigenvalue weighted by molar-refractivity contribution is 0.243. The number of ether oxygens (including phenoxy) is 1. The molecule has 10 heteroatoms. The molecule has 0 atom stereocenters. The number of aryl methyl sites for hydroxylation is 1. The van der Waals surface area contributed by atoms with Gasteiger partial charge in [-0.25, -0.2) is 0 Å². The Bertz CT molecular complexity index is 1450. The first kappa shape index (κ1) is 21.6. The van der Waals surface area contributed by atoms with E-state index in [-0.39, 0.29) is 0 Å². The van der Waals surface area contributed by atoms with Gasteiger partial charge in [-0.15, -0.1) is 15.3 Å². The zero-order valence-corrected chi connectivity index (χ0v) is 19.5. The van der Waals surface area contributed by atoms with Crippen molar-refractivity contribution in [1.82, 2.24) is 40.2 Å². The summed E-state index contributed by atoms with van der Waals surface area (Å²) in [5.74, 6) is 1.69. The maximum Gasteiger partial charge on any atom is 0.240 e. The lowest BCUT2D eigenvalue weighted by Crippen LogP contribution is -2.44. The van der Waals surface area contributed by atoms with E-state index in [1.165, 1.54) is 0 Å². The molecule has 0 saturated carbocycles. The molecular formula is C25H26N8O2. The number of nitrogens with one attached hydrogen (secondary N) is 1. The van der Waals surface area contributed by atoms with Gasteiger partial charge < -0.3 is 19.5 Å². The van der Waals surface area contributed by atoms with Crippen LogP contribution in [0.5, 0.6) is 5.88 Å². The van der Waals surface area contributed by atoms with Crippen molar-refractivity contribution in [2.24, 2.45) is 0 Å². The van der Waals surface area contributed by atoms with Crippen LogP contribution in [0, 0.1) is 6.92 Å². The maximum absolute atomic E-state index is 6.19. The molecule has 35 heavy (non-hydrogen) atoms. The van der Waals surface area contributed by atoms with Crippen LogP contribution in [-0.4, -0.2) is 67.6 Å². The minimum absolute atomic E-state index is 0.355. The van der Waals surface area contributed by atoms with E-state index in [0.717, 1.165) is 61.2 Å². The molecule has 0 amide bonds. The highest BCUT2D eigenvalue weighted by molar-refractivity contribution is 5.96. The highest BCUT2D eigenvalue weighted by atomic mass is 16.5. The van der Waals surface area contributed by atoms with Crippen molar-refractivity contribution in [3.8, 4) is 17.4 Å². The Labute approximate surface area is 201 Å². The fraction of sp³-hybridized carbons (Fsp3) is 0.320. The number of rotatable bonds is 7. The lowest BCUT2D eigenvalue weighted by atomic mass is 10.2. The predicted molar refractivity (Wildman–Crippen MR) is 130 cm³/mol. The van der Waals surface area contributed by atoms with Crippen molar-refractivity contribution >= 4 is 16.4 Å². The first-order valence-corrected chi connectivity index (χ1v) is 11.8. The highest BCUT2D eigenvalue weighted by Crippen LogP contribution is 2.29. The number of pyridine rings is 1. The molecule has 0 aliphatic carbocycles. The Morgan fingerprint density at radius 1 is 1.06 bits per heavy atom. The van der Waals surface area contributed by atoms with Crippen LogP contribution >= 0.6 is 0 Å². The second-order valence-electron chi connectivity index (χ2n) is 8.72. The maximum atomic E-state index is 6.19. The van der Waals surface area contributed by atoms with Gasteiger partial charge in [0.2, 0.25) is 11.7 Å². The van der Waals surface area contributed by atoms with Crippen molar-refractivity contribution in [3.63, 3.8) is 0 Å². The Hall–Kier alpha value is -3.89. The van der Waals surface area contributed by atoms with Gasteiger partial charge in [-0.3, -0.25) is 4.98 Å².